The van der Waals surface area contributed by atoms with E-state index in [9.17, 15) is 9.59 Å². The van der Waals surface area contributed by atoms with Crippen LogP contribution in [0.4, 0.5) is 4.79 Å². The largest absolute Gasteiger partial charge is 0.352 e. The van der Waals surface area contributed by atoms with Crippen molar-refractivity contribution < 1.29 is 9.59 Å². The van der Waals surface area contributed by atoms with Gasteiger partial charge >= 0.3 is 6.03 Å². The number of nitrogens with one attached hydrogen (secondary N) is 2. The average Bonchev–Trinajstić information content (AvgIpc) is 2.60. The summed E-state index contributed by atoms with van der Waals surface area (Å²) in [4.78, 5) is 28.2. The molecule has 3 saturated heterocycles. The molecule has 110 valence electrons. The van der Waals surface area contributed by atoms with Crippen LogP contribution < -0.4 is 10.6 Å². The Morgan fingerprint density at radius 1 is 1.35 bits per heavy atom. The molecule has 4 rings (SSSR count). The third-order valence-electron chi connectivity index (χ3n) is 5.39. The van der Waals surface area contributed by atoms with Crippen LogP contribution in [0, 0.1) is 5.41 Å². The first-order chi connectivity index (χ1) is 9.55. The summed E-state index contributed by atoms with van der Waals surface area (Å²) in [6.45, 7) is 3.02. The first-order valence-corrected chi connectivity index (χ1v) is 7.61. The maximum atomic E-state index is 12.4. The van der Waals surface area contributed by atoms with Crippen LogP contribution in [0.2, 0.25) is 0 Å². The molecule has 6 nitrogen and oxygen atoms in total. The molecule has 0 aromatic rings. The molecule has 3 amide bonds. The summed E-state index contributed by atoms with van der Waals surface area (Å²) in [6.07, 6.45) is 3.91. The van der Waals surface area contributed by atoms with Gasteiger partial charge < -0.3 is 20.4 Å². The lowest BCUT2D eigenvalue weighted by molar-refractivity contribution is -0.131. The summed E-state index contributed by atoms with van der Waals surface area (Å²) < 4.78 is 0. The number of nitrogens with zero attached hydrogens (tertiary/aromatic N) is 2. The van der Waals surface area contributed by atoms with Crippen molar-refractivity contribution in [1.29, 1.82) is 0 Å². The van der Waals surface area contributed by atoms with Gasteiger partial charge in [0, 0.05) is 31.7 Å². The number of carbonyl (C=O) groups excluding carboxylic acids is 2. The molecule has 1 saturated carbocycles. The Morgan fingerprint density at radius 3 is 2.80 bits per heavy atom. The molecule has 20 heavy (non-hydrogen) atoms. The lowest BCUT2D eigenvalue weighted by Crippen LogP contribution is -2.66. The Balaban J connectivity index is 1.32. The van der Waals surface area contributed by atoms with Gasteiger partial charge in [-0.25, -0.2) is 4.79 Å². The lowest BCUT2D eigenvalue weighted by atomic mass is 9.61. The topological polar surface area (TPSA) is 64.7 Å². The first-order valence-electron chi connectivity index (χ1n) is 7.61. The van der Waals surface area contributed by atoms with E-state index in [1.165, 1.54) is 13.1 Å². The standard InChI is InChI=1S/C14H22N4O2/c1-17-7-14(8-17)4-10(5-14)15-12(19)11-3-2-9-6-18(11)13(20)16-9/h9-11H,2-8H2,1H3,(H,15,19)(H,16,20). The molecule has 1 spiro atoms. The normalized spacial score (nSPS) is 35.5. The molecule has 4 fully saturated rings. The molecule has 1 aliphatic carbocycles. The molecule has 2 N–H and O–H groups in total. The summed E-state index contributed by atoms with van der Waals surface area (Å²) in [5, 5.41) is 6.07. The number of urea groups is 1. The molecule has 4 aliphatic rings. The van der Waals surface area contributed by atoms with Gasteiger partial charge in [0.05, 0.1) is 0 Å². The van der Waals surface area contributed by atoms with Crippen LogP contribution in [-0.4, -0.2) is 66.5 Å². The van der Waals surface area contributed by atoms with Crippen LogP contribution in [0.3, 0.4) is 0 Å². The second-order valence-electron chi connectivity index (χ2n) is 7.18. The number of carbonyl (C=O) groups is 2. The van der Waals surface area contributed by atoms with E-state index >= 15 is 0 Å². The summed E-state index contributed by atoms with van der Waals surface area (Å²) in [7, 11) is 2.14. The van der Waals surface area contributed by atoms with Gasteiger partial charge in [-0.3, -0.25) is 4.79 Å². The third kappa shape index (κ3) is 1.81. The molecule has 6 heteroatoms. The zero-order chi connectivity index (χ0) is 13.9. The van der Waals surface area contributed by atoms with E-state index in [0.717, 1.165) is 25.7 Å². The minimum absolute atomic E-state index is 0.0491. The minimum atomic E-state index is -0.255. The van der Waals surface area contributed by atoms with E-state index in [1.807, 2.05) is 0 Å². The number of rotatable bonds is 2. The van der Waals surface area contributed by atoms with Crippen molar-refractivity contribution in [3.05, 3.63) is 0 Å². The molecule has 3 heterocycles. The Morgan fingerprint density at radius 2 is 2.10 bits per heavy atom. The second-order valence-corrected chi connectivity index (χ2v) is 7.18. The predicted octanol–water partition coefficient (Wildman–Crippen LogP) is -0.247. The van der Waals surface area contributed by atoms with Crippen molar-refractivity contribution in [1.82, 2.24) is 20.4 Å². The quantitative estimate of drug-likeness (QED) is 0.732. The van der Waals surface area contributed by atoms with Crippen LogP contribution in [0.25, 0.3) is 0 Å². The van der Waals surface area contributed by atoms with E-state index in [-0.39, 0.29) is 24.0 Å². The van der Waals surface area contributed by atoms with Crippen LogP contribution in [0.15, 0.2) is 0 Å². The zero-order valence-corrected chi connectivity index (χ0v) is 11.9. The molecule has 0 aromatic heterocycles. The van der Waals surface area contributed by atoms with Crippen molar-refractivity contribution in [3.8, 4) is 0 Å². The van der Waals surface area contributed by atoms with Crippen LogP contribution in [0.5, 0.6) is 0 Å². The van der Waals surface area contributed by atoms with E-state index in [1.54, 1.807) is 4.90 Å². The molecule has 0 radical (unpaired) electrons. The number of hydrogen-bond donors (Lipinski definition) is 2. The summed E-state index contributed by atoms with van der Waals surface area (Å²) in [5.41, 5.74) is 0.482. The monoisotopic (exact) mass is 278 g/mol. The van der Waals surface area contributed by atoms with Gasteiger partial charge in [-0.1, -0.05) is 0 Å². The van der Waals surface area contributed by atoms with E-state index in [4.69, 9.17) is 0 Å². The number of hydrogen-bond acceptors (Lipinski definition) is 3. The van der Waals surface area contributed by atoms with Crippen molar-refractivity contribution in [2.24, 2.45) is 5.41 Å². The summed E-state index contributed by atoms with van der Waals surface area (Å²) in [5.74, 6) is 0.0491. The summed E-state index contributed by atoms with van der Waals surface area (Å²) in [6, 6.07) is 0.247. The number of amides is 3. The maximum absolute atomic E-state index is 12.4. The predicted molar refractivity (Wildman–Crippen MR) is 73.1 cm³/mol. The van der Waals surface area contributed by atoms with Crippen LogP contribution in [0.1, 0.15) is 25.7 Å². The van der Waals surface area contributed by atoms with Gasteiger partial charge in [0.1, 0.15) is 6.04 Å². The number of fused-ring (bicyclic) bond motifs is 2. The molecule has 2 unspecified atom stereocenters. The highest BCUT2D eigenvalue weighted by Gasteiger charge is 2.52. The Hall–Kier alpha value is -1.30. The van der Waals surface area contributed by atoms with Crippen LogP contribution >= 0.6 is 0 Å². The van der Waals surface area contributed by atoms with E-state index < -0.39 is 0 Å². The smallest absolute Gasteiger partial charge is 0.318 e. The van der Waals surface area contributed by atoms with E-state index in [0.29, 0.717) is 18.0 Å². The van der Waals surface area contributed by atoms with E-state index in [2.05, 4.69) is 22.6 Å². The second kappa shape index (κ2) is 4.10. The van der Waals surface area contributed by atoms with Crippen molar-refractivity contribution >= 4 is 11.9 Å². The number of piperidine rings is 1. The zero-order valence-electron chi connectivity index (χ0n) is 11.9. The SMILES string of the molecule is CN1CC2(CC(NC(=O)C3CCC4CN3C(=O)N4)C2)C1. The fraction of sp³-hybridized carbons (Fsp3) is 0.857. The number of likely N-dealkylation sites (tertiary alicyclic amines) is 1. The molecule has 2 bridgehead atoms. The summed E-state index contributed by atoms with van der Waals surface area (Å²) >= 11 is 0. The van der Waals surface area contributed by atoms with Gasteiger partial charge in [0.25, 0.3) is 0 Å². The molecular weight excluding hydrogens is 256 g/mol. The third-order valence-corrected chi connectivity index (χ3v) is 5.39. The minimum Gasteiger partial charge on any atom is -0.352 e. The van der Waals surface area contributed by atoms with Crippen molar-refractivity contribution in [3.63, 3.8) is 0 Å². The fourth-order valence-electron chi connectivity index (χ4n) is 4.59. The molecule has 0 aromatic carbocycles. The Bertz CT molecular complexity index is 452. The van der Waals surface area contributed by atoms with Gasteiger partial charge in [-0.2, -0.15) is 0 Å². The Kier molecular flexibility index (Phi) is 2.55. The fourth-order valence-corrected chi connectivity index (χ4v) is 4.59. The highest BCUT2D eigenvalue weighted by Crippen LogP contribution is 2.47. The van der Waals surface area contributed by atoms with Gasteiger partial charge in [-0.15, -0.1) is 0 Å². The molecule has 3 aliphatic heterocycles. The highest BCUT2D eigenvalue weighted by atomic mass is 16.2. The van der Waals surface area contributed by atoms with Crippen molar-refractivity contribution in [2.75, 3.05) is 26.7 Å². The molecular formula is C14H22N4O2. The lowest BCUT2D eigenvalue weighted by Gasteiger charge is -2.58. The van der Waals surface area contributed by atoms with Gasteiger partial charge in [0.2, 0.25) is 5.91 Å². The van der Waals surface area contributed by atoms with Crippen molar-refractivity contribution in [2.45, 2.75) is 43.8 Å². The molecule has 2 atom stereocenters. The Labute approximate surface area is 118 Å². The highest BCUT2D eigenvalue weighted by molar-refractivity contribution is 5.89. The average molecular weight is 278 g/mol. The van der Waals surface area contributed by atoms with Gasteiger partial charge in [-0.05, 0) is 38.1 Å². The maximum Gasteiger partial charge on any atom is 0.318 e. The van der Waals surface area contributed by atoms with Crippen LogP contribution in [-0.2, 0) is 4.79 Å². The van der Waals surface area contributed by atoms with Gasteiger partial charge in [0.15, 0.2) is 0 Å². The first kappa shape index (κ1) is 12.4.